The average Bonchev–Trinajstić information content (AvgIpc) is 3.21. The van der Waals surface area contributed by atoms with Crippen LogP contribution in [0.15, 0.2) is 54.6 Å². The van der Waals surface area contributed by atoms with Crippen molar-refractivity contribution >= 4 is 58.8 Å². The van der Waals surface area contributed by atoms with Crippen molar-refractivity contribution in [1.29, 1.82) is 0 Å². The maximum Gasteiger partial charge on any atom is 0.124 e. The third-order valence-corrected chi connectivity index (χ3v) is 6.57. The number of likely N-dealkylation sites (tertiary alicyclic amines) is 1. The van der Waals surface area contributed by atoms with Gasteiger partial charge in [-0.05, 0) is 54.9 Å². The maximum absolute atomic E-state index is 6.33. The second-order valence-corrected chi connectivity index (χ2v) is 8.69. The fourth-order valence-electron chi connectivity index (χ4n) is 4.33. The smallest absolute Gasteiger partial charge is 0.124 e. The van der Waals surface area contributed by atoms with Crippen molar-refractivity contribution in [2.24, 2.45) is 0 Å². The third kappa shape index (κ3) is 6.44. The van der Waals surface area contributed by atoms with E-state index in [4.69, 9.17) is 27.9 Å². The van der Waals surface area contributed by atoms with E-state index in [2.05, 4.69) is 53.5 Å². The van der Waals surface area contributed by atoms with E-state index in [1.54, 1.807) is 6.07 Å². The lowest BCUT2D eigenvalue weighted by molar-refractivity contribution is 0.259. The lowest BCUT2D eigenvalue weighted by Crippen LogP contribution is -2.37. The molecule has 1 aliphatic heterocycles. The second-order valence-electron chi connectivity index (χ2n) is 7.84. The lowest BCUT2D eigenvalue weighted by Gasteiger charge is -2.23. The molecule has 1 unspecified atom stereocenters. The number of benzene rings is 3. The molecule has 4 rings (SSSR count). The lowest BCUT2D eigenvalue weighted by atomic mass is 10.0. The van der Waals surface area contributed by atoms with Gasteiger partial charge in [-0.2, -0.15) is 0 Å². The molecular formula is C25H30Cl4N2O. The highest BCUT2D eigenvalue weighted by Gasteiger charge is 2.22. The molecule has 0 spiro atoms. The zero-order valence-corrected chi connectivity index (χ0v) is 21.3. The fraction of sp³-hybridized carbons (Fsp3) is 0.360. The van der Waals surface area contributed by atoms with Gasteiger partial charge in [-0.25, -0.2) is 0 Å². The minimum Gasteiger partial charge on any atom is -0.488 e. The van der Waals surface area contributed by atoms with Crippen LogP contribution in [0.25, 0.3) is 10.8 Å². The van der Waals surface area contributed by atoms with Crippen molar-refractivity contribution < 1.29 is 4.74 Å². The Labute approximate surface area is 213 Å². The van der Waals surface area contributed by atoms with Gasteiger partial charge in [0, 0.05) is 40.3 Å². The summed E-state index contributed by atoms with van der Waals surface area (Å²) in [5.41, 5.74) is 2.12. The molecule has 0 radical (unpaired) electrons. The van der Waals surface area contributed by atoms with Crippen molar-refractivity contribution in [3.63, 3.8) is 0 Å². The van der Waals surface area contributed by atoms with Gasteiger partial charge in [-0.15, -0.1) is 24.8 Å². The quantitative estimate of drug-likeness (QED) is 0.345. The number of fused-ring (bicyclic) bond motifs is 1. The first kappa shape index (κ1) is 27.0. The molecule has 1 aliphatic rings. The van der Waals surface area contributed by atoms with Gasteiger partial charge in [0.15, 0.2) is 0 Å². The Morgan fingerprint density at radius 2 is 1.88 bits per heavy atom. The summed E-state index contributed by atoms with van der Waals surface area (Å²) in [6.07, 6.45) is 2.57. The fourth-order valence-corrected chi connectivity index (χ4v) is 4.80. The van der Waals surface area contributed by atoms with E-state index in [-0.39, 0.29) is 24.8 Å². The molecule has 1 saturated heterocycles. The largest absolute Gasteiger partial charge is 0.488 e. The number of likely N-dealkylation sites (N-methyl/N-ethyl adjacent to an activating group) is 1. The Hall–Kier alpha value is -1.20. The van der Waals surface area contributed by atoms with E-state index in [9.17, 15) is 0 Å². The number of ether oxygens (including phenoxy) is 1. The molecule has 0 bridgehead atoms. The summed E-state index contributed by atoms with van der Waals surface area (Å²) < 4.78 is 6.24. The van der Waals surface area contributed by atoms with Crippen LogP contribution in [0.5, 0.6) is 5.75 Å². The van der Waals surface area contributed by atoms with E-state index in [1.165, 1.54) is 35.7 Å². The molecule has 0 amide bonds. The number of nitrogens with one attached hydrogen (secondary N) is 1. The Morgan fingerprint density at radius 3 is 2.66 bits per heavy atom. The molecular weight excluding hydrogens is 486 g/mol. The zero-order chi connectivity index (χ0) is 20.9. The summed E-state index contributed by atoms with van der Waals surface area (Å²) in [6.45, 7) is 6.77. The first-order valence-corrected chi connectivity index (χ1v) is 11.4. The van der Waals surface area contributed by atoms with Crippen LogP contribution in [0.4, 0.5) is 0 Å². The summed E-state index contributed by atoms with van der Waals surface area (Å²) in [6, 6.07) is 18.8. The van der Waals surface area contributed by atoms with Gasteiger partial charge in [0.2, 0.25) is 0 Å². The SMILES string of the molecule is CCN1CCCC1CNCc1c(OCc2ccc(Cl)cc2Cl)ccc2ccccc12.Cl.Cl. The van der Waals surface area contributed by atoms with Crippen LogP contribution in [0.1, 0.15) is 30.9 Å². The number of rotatable bonds is 8. The Kier molecular flexibility index (Phi) is 10.9. The van der Waals surface area contributed by atoms with Crippen molar-refractivity contribution in [2.75, 3.05) is 19.6 Å². The van der Waals surface area contributed by atoms with Gasteiger partial charge >= 0.3 is 0 Å². The summed E-state index contributed by atoms with van der Waals surface area (Å²) >= 11 is 12.4. The van der Waals surface area contributed by atoms with Crippen molar-refractivity contribution in [2.45, 2.75) is 39.0 Å². The molecule has 0 saturated carbocycles. The van der Waals surface area contributed by atoms with Crippen LogP contribution in [0, 0.1) is 0 Å². The van der Waals surface area contributed by atoms with E-state index < -0.39 is 0 Å². The standard InChI is InChI=1S/C25H28Cl2N2O.2ClH/c1-2-29-13-5-7-21(29)15-28-16-23-22-8-4-3-6-18(22)10-12-25(23)30-17-19-9-11-20(26)14-24(19)27;;/h3-4,6,8-12,14,21,28H,2,5,7,13,15-17H2,1H3;2*1H. The molecule has 7 heteroatoms. The highest BCUT2D eigenvalue weighted by Crippen LogP contribution is 2.30. The summed E-state index contributed by atoms with van der Waals surface area (Å²) in [7, 11) is 0. The molecule has 1 N–H and O–H groups in total. The molecule has 0 aromatic heterocycles. The highest BCUT2D eigenvalue weighted by atomic mass is 35.5. The average molecular weight is 516 g/mol. The third-order valence-electron chi connectivity index (χ3n) is 5.98. The van der Waals surface area contributed by atoms with Gasteiger partial charge in [-0.3, -0.25) is 4.90 Å². The molecule has 1 atom stereocenters. The van der Waals surface area contributed by atoms with Crippen LogP contribution in [0.2, 0.25) is 10.0 Å². The van der Waals surface area contributed by atoms with Crippen molar-refractivity contribution in [3.8, 4) is 5.75 Å². The number of hydrogen-bond donors (Lipinski definition) is 1. The molecule has 0 aliphatic carbocycles. The molecule has 1 fully saturated rings. The van der Waals surface area contributed by atoms with Crippen LogP contribution in [0.3, 0.4) is 0 Å². The molecule has 3 aromatic rings. The summed E-state index contributed by atoms with van der Waals surface area (Å²) in [5.74, 6) is 0.894. The van der Waals surface area contributed by atoms with Crippen molar-refractivity contribution in [1.82, 2.24) is 10.2 Å². The molecule has 1 heterocycles. The van der Waals surface area contributed by atoms with Gasteiger partial charge < -0.3 is 10.1 Å². The zero-order valence-electron chi connectivity index (χ0n) is 18.2. The molecule has 174 valence electrons. The Balaban J connectivity index is 0.00000181. The molecule has 3 aromatic carbocycles. The van der Waals surface area contributed by atoms with Gasteiger partial charge in [-0.1, -0.05) is 66.5 Å². The van der Waals surface area contributed by atoms with E-state index >= 15 is 0 Å². The predicted octanol–water partition coefficient (Wildman–Crippen LogP) is 7.14. The van der Waals surface area contributed by atoms with E-state index in [1.807, 2.05) is 12.1 Å². The minimum atomic E-state index is 0. The van der Waals surface area contributed by atoms with Crippen LogP contribution in [-0.4, -0.2) is 30.6 Å². The maximum atomic E-state index is 6.33. The Morgan fingerprint density at radius 1 is 1.06 bits per heavy atom. The van der Waals surface area contributed by atoms with Crippen molar-refractivity contribution in [3.05, 3.63) is 75.8 Å². The Bertz CT molecular complexity index is 1010. The van der Waals surface area contributed by atoms with Gasteiger partial charge in [0.25, 0.3) is 0 Å². The predicted molar refractivity (Wildman–Crippen MR) is 141 cm³/mol. The van der Waals surface area contributed by atoms with E-state index in [0.717, 1.165) is 30.9 Å². The highest BCUT2D eigenvalue weighted by molar-refractivity contribution is 6.35. The monoisotopic (exact) mass is 514 g/mol. The van der Waals surface area contributed by atoms with Crippen LogP contribution >= 0.6 is 48.0 Å². The topological polar surface area (TPSA) is 24.5 Å². The molecule has 32 heavy (non-hydrogen) atoms. The number of nitrogens with zero attached hydrogens (tertiary/aromatic N) is 1. The molecule has 3 nitrogen and oxygen atoms in total. The summed E-state index contributed by atoms with van der Waals surface area (Å²) in [4.78, 5) is 2.57. The first-order chi connectivity index (χ1) is 14.7. The van der Waals surface area contributed by atoms with E-state index in [0.29, 0.717) is 22.7 Å². The summed E-state index contributed by atoms with van der Waals surface area (Å²) in [5, 5.41) is 7.40. The van der Waals surface area contributed by atoms with Crippen LogP contribution < -0.4 is 10.1 Å². The normalized spacial score (nSPS) is 15.9. The van der Waals surface area contributed by atoms with Crippen LogP contribution in [-0.2, 0) is 13.2 Å². The second kappa shape index (κ2) is 12.9. The number of halogens is 4. The van der Waals surface area contributed by atoms with Gasteiger partial charge in [0.1, 0.15) is 12.4 Å². The first-order valence-electron chi connectivity index (χ1n) is 10.7. The minimum absolute atomic E-state index is 0. The van der Waals surface area contributed by atoms with Gasteiger partial charge in [0.05, 0.1) is 0 Å². The number of hydrogen-bond acceptors (Lipinski definition) is 3.